The molecule has 2 heteroatoms. The van der Waals surface area contributed by atoms with Crippen LogP contribution in [-0.4, -0.2) is 13.7 Å². The van der Waals surface area contributed by atoms with Crippen molar-refractivity contribution in [2.75, 3.05) is 13.7 Å². The molecule has 0 saturated heterocycles. The van der Waals surface area contributed by atoms with E-state index in [9.17, 15) is 0 Å². The molecule has 1 heterocycles. The molecule has 0 bridgehead atoms. The number of benzene rings is 2. The predicted molar refractivity (Wildman–Crippen MR) is 94.2 cm³/mol. The molecule has 1 atom stereocenters. The molecule has 23 heavy (non-hydrogen) atoms. The van der Waals surface area contributed by atoms with Crippen molar-refractivity contribution in [1.82, 2.24) is 5.32 Å². The number of methoxy groups -OCH3 is 1. The van der Waals surface area contributed by atoms with Crippen LogP contribution >= 0.6 is 0 Å². The minimum atomic E-state index is 0.295. The number of fused-ring (bicyclic) bond motifs is 2. The molecule has 2 nitrogen and oxygen atoms in total. The highest BCUT2D eigenvalue weighted by molar-refractivity contribution is 5.49. The van der Waals surface area contributed by atoms with Crippen LogP contribution in [0.3, 0.4) is 0 Å². The zero-order chi connectivity index (χ0) is 15.9. The van der Waals surface area contributed by atoms with Crippen LogP contribution in [-0.2, 0) is 5.41 Å². The third kappa shape index (κ3) is 2.36. The van der Waals surface area contributed by atoms with Crippen molar-refractivity contribution < 1.29 is 4.74 Å². The lowest BCUT2D eigenvalue weighted by molar-refractivity contribution is 0.351. The van der Waals surface area contributed by atoms with Gasteiger partial charge in [0, 0.05) is 12.0 Å². The molecule has 0 aromatic heterocycles. The molecule has 1 saturated carbocycles. The Balaban J connectivity index is 1.85. The van der Waals surface area contributed by atoms with Crippen LogP contribution < -0.4 is 10.1 Å². The van der Waals surface area contributed by atoms with E-state index in [0.717, 1.165) is 12.3 Å². The van der Waals surface area contributed by atoms with Crippen LogP contribution in [0.2, 0.25) is 0 Å². The van der Waals surface area contributed by atoms with E-state index in [2.05, 4.69) is 54.7 Å². The third-order valence-electron chi connectivity index (χ3n) is 5.85. The number of rotatable bonds is 2. The van der Waals surface area contributed by atoms with Gasteiger partial charge in [-0.2, -0.15) is 0 Å². The molecule has 4 rings (SSSR count). The summed E-state index contributed by atoms with van der Waals surface area (Å²) in [6, 6.07) is 15.7. The maximum Gasteiger partial charge on any atom is 0.119 e. The fourth-order valence-corrected chi connectivity index (χ4v) is 4.56. The van der Waals surface area contributed by atoms with Crippen LogP contribution in [0.5, 0.6) is 5.75 Å². The van der Waals surface area contributed by atoms with Gasteiger partial charge in [0.05, 0.1) is 13.2 Å². The van der Waals surface area contributed by atoms with Gasteiger partial charge in [-0.1, -0.05) is 43.2 Å². The van der Waals surface area contributed by atoms with E-state index in [1.54, 1.807) is 7.11 Å². The van der Waals surface area contributed by atoms with E-state index < -0.39 is 0 Å². The van der Waals surface area contributed by atoms with Crippen molar-refractivity contribution in [1.29, 1.82) is 0 Å². The molecule has 2 aromatic carbocycles. The Bertz CT molecular complexity index is 716. The zero-order valence-corrected chi connectivity index (χ0v) is 14.1. The highest BCUT2D eigenvalue weighted by atomic mass is 16.5. The smallest absolute Gasteiger partial charge is 0.119 e. The van der Waals surface area contributed by atoms with Gasteiger partial charge >= 0.3 is 0 Å². The standard InChI is InChI=1S/C21H25NO/c1-15-7-3-4-8-17(15)20-18-10-9-16(23-2)13-19(18)21(14-22-20)11-5-6-12-21/h3-4,7-10,13,20,22H,5-6,11-12,14H2,1-2H3. The first-order chi connectivity index (χ1) is 11.2. The Labute approximate surface area is 138 Å². The second-order valence-electron chi connectivity index (χ2n) is 7.11. The second-order valence-corrected chi connectivity index (χ2v) is 7.11. The summed E-state index contributed by atoms with van der Waals surface area (Å²) < 4.78 is 5.53. The van der Waals surface area contributed by atoms with Crippen LogP contribution in [0.25, 0.3) is 0 Å². The minimum absolute atomic E-state index is 0.295. The quantitative estimate of drug-likeness (QED) is 0.881. The Morgan fingerprint density at radius 1 is 1.04 bits per heavy atom. The average Bonchev–Trinajstić information content (AvgIpc) is 3.06. The number of nitrogens with one attached hydrogen (secondary N) is 1. The van der Waals surface area contributed by atoms with Crippen LogP contribution in [0, 0.1) is 6.92 Å². The molecule has 1 aliphatic carbocycles. The molecule has 1 fully saturated rings. The molecule has 120 valence electrons. The van der Waals surface area contributed by atoms with Crippen molar-refractivity contribution in [2.24, 2.45) is 0 Å². The minimum Gasteiger partial charge on any atom is -0.497 e. The van der Waals surface area contributed by atoms with E-state index in [1.807, 2.05) is 0 Å². The van der Waals surface area contributed by atoms with Gasteiger partial charge in [0.25, 0.3) is 0 Å². The maximum absolute atomic E-state index is 5.53. The molecule has 2 aliphatic rings. The summed E-state index contributed by atoms with van der Waals surface area (Å²) in [5, 5.41) is 3.86. The van der Waals surface area contributed by atoms with E-state index in [1.165, 1.54) is 47.9 Å². The Morgan fingerprint density at radius 2 is 1.83 bits per heavy atom. The molecular formula is C21H25NO. The van der Waals surface area contributed by atoms with Crippen molar-refractivity contribution >= 4 is 0 Å². The Kier molecular flexibility index (Phi) is 3.65. The first-order valence-electron chi connectivity index (χ1n) is 8.71. The highest BCUT2D eigenvalue weighted by Gasteiger charge is 2.42. The van der Waals surface area contributed by atoms with Crippen LogP contribution in [0.4, 0.5) is 0 Å². The fourth-order valence-electron chi connectivity index (χ4n) is 4.56. The number of hydrogen-bond acceptors (Lipinski definition) is 2. The molecular weight excluding hydrogens is 282 g/mol. The van der Waals surface area contributed by atoms with Gasteiger partial charge < -0.3 is 10.1 Å². The van der Waals surface area contributed by atoms with Gasteiger partial charge in [0.2, 0.25) is 0 Å². The molecule has 2 aromatic rings. The zero-order valence-electron chi connectivity index (χ0n) is 14.1. The van der Waals surface area contributed by atoms with Gasteiger partial charge in [-0.05, 0) is 54.2 Å². The first-order valence-corrected chi connectivity index (χ1v) is 8.71. The topological polar surface area (TPSA) is 21.3 Å². The Hall–Kier alpha value is -1.80. The average molecular weight is 307 g/mol. The lowest BCUT2D eigenvalue weighted by Crippen LogP contribution is -2.44. The molecule has 0 amide bonds. The summed E-state index contributed by atoms with van der Waals surface area (Å²) in [6.07, 6.45) is 5.27. The second kappa shape index (κ2) is 5.68. The van der Waals surface area contributed by atoms with E-state index in [0.29, 0.717) is 11.5 Å². The van der Waals surface area contributed by atoms with Gasteiger partial charge in [-0.25, -0.2) is 0 Å². The summed E-state index contributed by atoms with van der Waals surface area (Å²) in [6.45, 7) is 3.28. The number of hydrogen-bond donors (Lipinski definition) is 1. The fraction of sp³-hybridized carbons (Fsp3) is 0.429. The monoisotopic (exact) mass is 307 g/mol. The summed E-state index contributed by atoms with van der Waals surface area (Å²) in [5.41, 5.74) is 6.01. The normalized spacial score (nSPS) is 22.1. The first kappa shape index (κ1) is 14.8. The van der Waals surface area contributed by atoms with E-state index in [4.69, 9.17) is 4.74 Å². The van der Waals surface area contributed by atoms with Crippen molar-refractivity contribution in [3.05, 3.63) is 64.7 Å². The SMILES string of the molecule is COc1ccc2c(c1)C1(CCCC1)CNC2c1ccccc1C. The highest BCUT2D eigenvalue weighted by Crippen LogP contribution is 2.48. The van der Waals surface area contributed by atoms with E-state index in [-0.39, 0.29) is 0 Å². The molecule has 0 radical (unpaired) electrons. The largest absolute Gasteiger partial charge is 0.497 e. The maximum atomic E-state index is 5.53. The van der Waals surface area contributed by atoms with E-state index >= 15 is 0 Å². The van der Waals surface area contributed by atoms with Crippen molar-refractivity contribution in [3.8, 4) is 5.75 Å². The molecule has 1 unspecified atom stereocenters. The lowest BCUT2D eigenvalue weighted by atomic mass is 9.71. The van der Waals surface area contributed by atoms with Gasteiger partial charge in [-0.15, -0.1) is 0 Å². The molecule has 1 aliphatic heterocycles. The third-order valence-corrected chi connectivity index (χ3v) is 5.85. The van der Waals surface area contributed by atoms with Crippen LogP contribution in [0.15, 0.2) is 42.5 Å². The van der Waals surface area contributed by atoms with Crippen LogP contribution in [0.1, 0.15) is 54.0 Å². The molecule has 1 spiro atoms. The van der Waals surface area contributed by atoms with Gasteiger partial charge in [0.1, 0.15) is 5.75 Å². The van der Waals surface area contributed by atoms with Crippen molar-refractivity contribution in [2.45, 2.75) is 44.1 Å². The molecule has 1 N–H and O–H groups in total. The Morgan fingerprint density at radius 3 is 2.57 bits per heavy atom. The van der Waals surface area contributed by atoms with Gasteiger partial charge in [0.15, 0.2) is 0 Å². The number of aryl methyl sites for hydroxylation is 1. The summed E-state index contributed by atoms with van der Waals surface area (Å²) in [7, 11) is 1.77. The predicted octanol–water partition coefficient (Wildman–Crippen LogP) is 4.51. The van der Waals surface area contributed by atoms with Gasteiger partial charge in [-0.3, -0.25) is 0 Å². The summed E-state index contributed by atoms with van der Waals surface area (Å²) in [5.74, 6) is 0.987. The summed E-state index contributed by atoms with van der Waals surface area (Å²) >= 11 is 0. The van der Waals surface area contributed by atoms with Crippen molar-refractivity contribution in [3.63, 3.8) is 0 Å². The number of ether oxygens (including phenoxy) is 1. The summed E-state index contributed by atoms with van der Waals surface area (Å²) in [4.78, 5) is 0. The lowest BCUT2D eigenvalue weighted by Gasteiger charge is -2.41.